The van der Waals surface area contributed by atoms with Gasteiger partial charge in [-0.25, -0.2) is 0 Å². The van der Waals surface area contributed by atoms with Crippen LogP contribution in [0.15, 0.2) is 24.3 Å². The summed E-state index contributed by atoms with van der Waals surface area (Å²) in [5.41, 5.74) is 0. The van der Waals surface area contributed by atoms with Gasteiger partial charge in [-0.2, -0.15) is 0 Å². The first-order valence-electron chi connectivity index (χ1n) is 3.99. The number of hydrogen-bond acceptors (Lipinski definition) is 4. The van der Waals surface area contributed by atoms with Crippen molar-refractivity contribution in [3.8, 4) is 0 Å². The Labute approximate surface area is 77.6 Å². The Kier molecular flexibility index (Phi) is 3.27. The van der Waals surface area contributed by atoms with Gasteiger partial charge < -0.3 is 19.5 Å². The molecule has 0 heterocycles. The minimum atomic E-state index is -1.50. The maximum atomic E-state index is 9.09. The van der Waals surface area contributed by atoms with Gasteiger partial charge in [0.25, 0.3) is 0 Å². The summed E-state index contributed by atoms with van der Waals surface area (Å²) in [4.78, 5) is 0. The third kappa shape index (κ3) is 1.83. The molecule has 1 atom stereocenters. The summed E-state index contributed by atoms with van der Waals surface area (Å²) in [6.45, 7) is 0. The van der Waals surface area contributed by atoms with Gasteiger partial charge in [-0.05, 0) is 6.08 Å². The van der Waals surface area contributed by atoms with Gasteiger partial charge in [-0.3, -0.25) is 0 Å². The Morgan fingerprint density at radius 1 is 1.23 bits per heavy atom. The first-order valence-corrected chi connectivity index (χ1v) is 3.99. The lowest BCUT2D eigenvalue weighted by Crippen LogP contribution is -2.44. The highest BCUT2D eigenvalue weighted by Gasteiger charge is 2.43. The number of methoxy groups -OCH3 is 2. The lowest BCUT2D eigenvalue weighted by atomic mass is 9.66. The van der Waals surface area contributed by atoms with Gasteiger partial charge in [-0.1, -0.05) is 18.2 Å². The molecule has 0 aliphatic heterocycles. The Balaban J connectivity index is 2.91. The molecule has 0 aromatic rings. The summed E-state index contributed by atoms with van der Waals surface area (Å²) in [6.07, 6.45) is 6.75. The topological polar surface area (TPSA) is 58.9 Å². The van der Waals surface area contributed by atoms with Crippen LogP contribution in [0.25, 0.3) is 0 Å². The monoisotopic (exact) mass is 184 g/mol. The van der Waals surface area contributed by atoms with Crippen molar-refractivity contribution >= 4 is 7.12 Å². The van der Waals surface area contributed by atoms with Crippen molar-refractivity contribution in [1.82, 2.24) is 0 Å². The Morgan fingerprint density at radius 3 is 2.23 bits per heavy atom. The molecule has 0 saturated heterocycles. The van der Waals surface area contributed by atoms with E-state index in [4.69, 9.17) is 19.5 Å². The number of allylic oxidation sites excluding steroid dienone is 2. The third-order valence-electron chi connectivity index (χ3n) is 2.18. The zero-order chi connectivity index (χ0) is 9.90. The zero-order valence-electron chi connectivity index (χ0n) is 7.68. The van der Waals surface area contributed by atoms with E-state index in [0.717, 1.165) is 0 Å². The maximum absolute atomic E-state index is 9.09. The number of ether oxygens (including phenoxy) is 2. The number of rotatable bonds is 3. The van der Waals surface area contributed by atoms with Gasteiger partial charge in [0.2, 0.25) is 0 Å². The Bertz CT molecular complexity index is 220. The molecule has 0 fully saturated rings. The van der Waals surface area contributed by atoms with Crippen molar-refractivity contribution in [2.75, 3.05) is 14.2 Å². The van der Waals surface area contributed by atoms with Crippen molar-refractivity contribution in [3.63, 3.8) is 0 Å². The highest BCUT2D eigenvalue weighted by Crippen LogP contribution is 2.34. The third-order valence-corrected chi connectivity index (χ3v) is 2.18. The summed E-state index contributed by atoms with van der Waals surface area (Å²) in [7, 11) is 1.42. The van der Waals surface area contributed by atoms with Crippen LogP contribution in [-0.4, -0.2) is 37.2 Å². The van der Waals surface area contributed by atoms with Crippen molar-refractivity contribution in [1.29, 1.82) is 0 Å². The lowest BCUT2D eigenvalue weighted by Gasteiger charge is -2.35. The van der Waals surface area contributed by atoms with Crippen LogP contribution >= 0.6 is 0 Å². The fourth-order valence-corrected chi connectivity index (χ4v) is 1.42. The molecule has 13 heavy (non-hydrogen) atoms. The quantitative estimate of drug-likeness (QED) is 0.476. The maximum Gasteiger partial charge on any atom is 0.464 e. The Hall–Kier alpha value is -0.615. The molecule has 0 aromatic carbocycles. The molecule has 0 spiro atoms. The summed E-state index contributed by atoms with van der Waals surface area (Å²) >= 11 is 0. The largest absolute Gasteiger partial charge is 0.464 e. The second-order valence-electron chi connectivity index (χ2n) is 2.81. The van der Waals surface area contributed by atoms with Gasteiger partial charge in [0.1, 0.15) is 0 Å². The average molecular weight is 184 g/mol. The lowest BCUT2D eigenvalue weighted by molar-refractivity contribution is -0.170. The fourth-order valence-electron chi connectivity index (χ4n) is 1.42. The van der Waals surface area contributed by atoms with Crippen LogP contribution in [0.1, 0.15) is 0 Å². The molecule has 2 N–H and O–H groups in total. The van der Waals surface area contributed by atoms with E-state index in [1.54, 1.807) is 24.3 Å². The van der Waals surface area contributed by atoms with Crippen LogP contribution < -0.4 is 0 Å². The predicted octanol–water partition coefficient (Wildman–Crippen LogP) is -0.0555. The second-order valence-corrected chi connectivity index (χ2v) is 2.81. The van der Waals surface area contributed by atoms with Crippen molar-refractivity contribution < 1.29 is 19.5 Å². The van der Waals surface area contributed by atoms with Crippen molar-refractivity contribution in [2.24, 2.45) is 0 Å². The van der Waals surface area contributed by atoms with Gasteiger partial charge >= 0.3 is 7.12 Å². The molecule has 1 rings (SSSR count). The van der Waals surface area contributed by atoms with Gasteiger partial charge in [0.05, 0.1) is 5.82 Å². The summed E-state index contributed by atoms with van der Waals surface area (Å²) in [5.74, 6) is -1.67. The van der Waals surface area contributed by atoms with E-state index in [-0.39, 0.29) is 0 Å². The highest BCUT2D eigenvalue weighted by atomic mass is 16.7. The minimum Gasteiger partial charge on any atom is -0.427 e. The molecule has 72 valence electrons. The highest BCUT2D eigenvalue weighted by molar-refractivity contribution is 6.44. The van der Waals surface area contributed by atoms with E-state index in [2.05, 4.69) is 0 Å². The SMILES string of the molecule is COC1(OC)C=CC=CC1B(O)O. The van der Waals surface area contributed by atoms with Crippen molar-refractivity contribution in [2.45, 2.75) is 11.6 Å². The first-order chi connectivity index (χ1) is 6.16. The number of hydrogen-bond donors (Lipinski definition) is 2. The molecule has 1 unspecified atom stereocenters. The van der Waals surface area contributed by atoms with E-state index in [1.165, 1.54) is 14.2 Å². The van der Waals surface area contributed by atoms with E-state index in [1.807, 2.05) is 0 Å². The van der Waals surface area contributed by atoms with Gasteiger partial charge in [-0.15, -0.1) is 0 Å². The van der Waals surface area contributed by atoms with Crippen LogP contribution in [-0.2, 0) is 9.47 Å². The summed E-state index contributed by atoms with van der Waals surface area (Å²) < 4.78 is 10.2. The van der Waals surface area contributed by atoms with E-state index in [0.29, 0.717) is 0 Å². The van der Waals surface area contributed by atoms with Crippen LogP contribution in [0.5, 0.6) is 0 Å². The summed E-state index contributed by atoms with van der Waals surface area (Å²) in [6, 6.07) is 0. The molecule has 5 heteroatoms. The molecule has 1 aliphatic carbocycles. The van der Waals surface area contributed by atoms with Gasteiger partial charge in [0, 0.05) is 14.2 Å². The second kappa shape index (κ2) is 4.06. The predicted molar refractivity (Wildman–Crippen MR) is 49.0 cm³/mol. The fraction of sp³-hybridized carbons (Fsp3) is 0.500. The minimum absolute atomic E-state index is 0.604. The standard InChI is InChI=1S/C8H13BO4/c1-12-8(13-2)6-4-3-5-7(8)9(10)11/h3-7,10-11H,1-2H3. The molecule has 1 aliphatic rings. The van der Waals surface area contributed by atoms with Crippen molar-refractivity contribution in [3.05, 3.63) is 24.3 Å². The van der Waals surface area contributed by atoms with Crippen LogP contribution in [0.3, 0.4) is 0 Å². The Morgan fingerprint density at radius 2 is 1.85 bits per heavy atom. The molecule has 0 amide bonds. The van der Waals surface area contributed by atoms with E-state index >= 15 is 0 Å². The first kappa shape index (κ1) is 10.5. The van der Waals surface area contributed by atoms with Crippen LogP contribution in [0.4, 0.5) is 0 Å². The molecule has 0 saturated carbocycles. The summed E-state index contributed by atoms with van der Waals surface area (Å²) in [5, 5.41) is 18.2. The average Bonchev–Trinajstić information content (AvgIpc) is 2.17. The smallest absolute Gasteiger partial charge is 0.427 e. The molecule has 0 bridgehead atoms. The molecule has 0 radical (unpaired) electrons. The molecular formula is C8H13BO4. The molecule has 0 aromatic heterocycles. The van der Waals surface area contributed by atoms with E-state index in [9.17, 15) is 0 Å². The van der Waals surface area contributed by atoms with Crippen LogP contribution in [0.2, 0.25) is 5.82 Å². The van der Waals surface area contributed by atoms with Crippen LogP contribution in [0, 0.1) is 0 Å². The van der Waals surface area contributed by atoms with E-state index < -0.39 is 18.7 Å². The molecule has 4 nitrogen and oxygen atoms in total. The zero-order valence-corrected chi connectivity index (χ0v) is 7.68. The van der Waals surface area contributed by atoms with Gasteiger partial charge in [0.15, 0.2) is 5.79 Å². The normalized spacial score (nSPS) is 24.8. The molecular weight excluding hydrogens is 171 g/mol.